The van der Waals surface area contributed by atoms with Gasteiger partial charge in [-0.15, -0.1) is 0 Å². The second kappa shape index (κ2) is 8.08. The highest BCUT2D eigenvalue weighted by Crippen LogP contribution is 2.40. The second-order valence-corrected chi connectivity index (χ2v) is 9.05. The molecule has 2 aromatic rings. The SMILES string of the molecule is CNC(=O)Nc1ccc(-c2nc3c(c(N4CCOCC4C)n2)C(C)S(=O)C3)cc1. The first-order valence-electron chi connectivity index (χ1n) is 9.69. The number of ether oxygens (including phenoxy) is 1. The van der Waals surface area contributed by atoms with Gasteiger partial charge in [-0.25, -0.2) is 14.8 Å². The smallest absolute Gasteiger partial charge is 0.318 e. The van der Waals surface area contributed by atoms with E-state index >= 15 is 0 Å². The van der Waals surface area contributed by atoms with E-state index in [1.165, 1.54) is 0 Å². The van der Waals surface area contributed by atoms with Crippen LogP contribution in [0.2, 0.25) is 0 Å². The van der Waals surface area contributed by atoms with Gasteiger partial charge >= 0.3 is 6.03 Å². The van der Waals surface area contributed by atoms with Crippen molar-refractivity contribution >= 4 is 28.3 Å². The molecule has 0 spiro atoms. The molecular formula is C20H25N5O3S. The lowest BCUT2D eigenvalue weighted by atomic mass is 10.1. The summed E-state index contributed by atoms with van der Waals surface area (Å²) in [6.07, 6.45) is 0. The normalized spacial score (nSPS) is 23.6. The molecule has 2 aliphatic heterocycles. The Labute approximate surface area is 172 Å². The Hall–Kier alpha value is -2.52. The molecule has 0 radical (unpaired) electrons. The molecule has 9 heteroatoms. The van der Waals surface area contributed by atoms with Gasteiger partial charge in [-0.05, 0) is 38.1 Å². The molecule has 0 saturated carbocycles. The molecule has 1 aromatic heterocycles. The highest BCUT2D eigenvalue weighted by atomic mass is 32.2. The van der Waals surface area contributed by atoms with Gasteiger partial charge in [0.15, 0.2) is 5.82 Å². The summed E-state index contributed by atoms with van der Waals surface area (Å²) in [5.74, 6) is 1.93. The van der Waals surface area contributed by atoms with Gasteiger partial charge in [-0.3, -0.25) is 4.21 Å². The summed E-state index contributed by atoms with van der Waals surface area (Å²) < 4.78 is 18.1. The standard InChI is InChI=1S/C20H25N5O3S/c1-12-10-28-9-8-25(12)19-17-13(2)29(27)11-16(17)23-18(24-19)14-4-6-15(7-5-14)22-20(26)21-3/h4-7,12-13H,8-11H2,1-3H3,(H2,21,22,26). The van der Waals surface area contributed by atoms with E-state index in [0.29, 0.717) is 30.5 Å². The zero-order valence-electron chi connectivity index (χ0n) is 16.8. The van der Waals surface area contributed by atoms with Crippen LogP contribution in [0.5, 0.6) is 0 Å². The number of urea groups is 1. The van der Waals surface area contributed by atoms with Crippen molar-refractivity contribution in [2.75, 3.05) is 37.0 Å². The van der Waals surface area contributed by atoms with Crippen LogP contribution < -0.4 is 15.5 Å². The third-order valence-electron chi connectivity index (χ3n) is 5.35. The number of anilines is 2. The molecule has 3 heterocycles. The predicted molar refractivity (Wildman–Crippen MR) is 113 cm³/mol. The van der Waals surface area contributed by atoms with Crippen LogP contribution in [0.4, 0.5) is 16.3 Å². The van der Waals surface area contributed by atoms with Gasteiger partial charge in [0.2, 0.25) is 0 Å². The molecule has 29 heavy (non-hydrogen) atoms. The van der Waals surface area contributed by atoms with Crippen molar-refractivity contribution in [3.05, 3.63) is 35.5 Å². The second-order valence-electron chi connectivity index (χ2n) is 7.30. The van der Waals surface area contributed by atoms with Crippen LogP contribution in [-0.2, 0) is 21.3 Å². The molecule has 3 atom stereocenters. The Morgan fingerprint density at radius 2 is 2.00 bits per heavy atom. The largest absolute Gasteiger partial charge is 0.377 e. The van der Waals surface area contributed by atoms with Gasteiger partial charge in [-0.1, -0.05) is 0 Å². The van der Waals surface area contributed by atoms with Gasteiger partial charge in [-0.2, -0.15) is 0 Å². The Morgan fingerprint density at radius 1 is 1.24 bits per heavy atom. The fraction of sp³-hybridized carbons (Fsp3) is 0.450. The first-order chi connectivity index (χ1) is 14.0. The van der Waals surface area contributed by atoms with Crippen LogP contribution in [0.25, 0.3) is 11.4 Å². The number of nitrogens with zero attached hydrogens (tertiary/aromatic N) is 3. The lowest BCUT2D eigenvalue weighted by Crippen LogP contribution is -2.44. The quantitative estimate of drug-likeness (QED) is 0.799. The lowest BCUT2D eigenvalue weighted by Gasteiger charge is -2.35. The van der Waals surface area contributed by atoms with Crippen molar-refractivity contribution in [2.24, 2.45) is 0 Å². The Bertz CT molecular complexity index is 950. The number of carbonyl (C=O) groups excluding carboxylic acids is 1. The van der Waals surface area contributed by atoms with Crippen LogP contribution in [0.15, 0.2) is 24.3 Å². The van der Waals surface area contributed by atoms with Crippen molar-refractivity contribution < 1.29 is 13.7 Å². The minimum absolute atomic E-state index is 0.0803. The molecule has 154 valence electrons. The number of carbonyl (C=O) groups is 1. The van der Waals surface area contributed by atoms with E-state index in [1.54, 1.807) is 7.05 Å². The molecule has 0 aliphatic carbocycles. The minimum Gasteiger partial charge on any atom is -0.377 e. The Morgan fingerprint density at radius 3 is 2.69 bits per heavy atom. The summed E-state index contributed by atoms with van der Waals surface area (Å²) in [5, 5.41) is 5.18. The van der Waals surface area contributed by atoms with Crippen molar-refractivity contribution in [1.29, 1.82) is 0 Å². The number of hydrogen-bond acceptors (Lipinski definition) is 6. The van der Waals surface area contributed by atoms with Gasteiger partial charge < -0.3 is 20.3 Å². The zero-order valence-corrected chi connectivity index (χ0v) is 17.6. The maximum atomic E-state index is 12.5. The summed E-state index contributed by atoms with van der Waals surface area (Å²) in [6, 6.07) is 7.32. The number of fused-ring (bicyclic) bond motifs is 1. The highest BCUT2D eigenvalue weighted by molar-refractivity contribution is 7.84. The molecule has 0 bridgehead atoms. The number of aromatic nitrogens is 2. The first kappa shape index (κ1) is 19.8. The Kier molecular flexibility index (Phi) is 5.51. The van der Waals surface area contributed by atoms with Gasteiger partial charge in [0, 0.05) is 41.2 Å². The summed E-state index contributed by atoms with van der Waals surface area (Å²) in [4.78, 5) is 23.4. The number of rotatable bonds is 3. The van der Waals surface area contributed by atoms with Crippen molar-refractivity contribution in [3.8, 4) is 11.4 Å². The van der Waals surface area contributed by atoms with Crippen LogP contribution in [0.1, 0.15) is 30.4 Å². The maximum absolute atomic E-state index is 12.5. The number of amides is 2. The maximum Gasteiger partial charge on any atom is 0.318 e. The van der Waals surface area contributed by atoms with Gasteiger partial charge in [0.25, 0.3) is 0 Å². The van der Waals surface area contributed by atoms with E-state index < -0.39 is 10.8 Å². The van der Waals surface area contributed by atoms with Crippen LogP contribution in [0.3, 0.4) is 0 Å². The van der Waals surface area contributed by atoms with E-state index in [-0.39, 0.29) is 17.3 Å². The summed E-state index contributed by atoms with van der Waals surface area (Å²) >= 11 is 0. The number of hydrogen-bond donors (Lipinski definition) is 2. The zero-order chi connectivity index (χ0) is 20.5. The molecule has 4 rings (SSSR count). The Balaban J connectivity index is 1.73. The minimum atomic E-state index is -0.981. The molecule has 3 unspecified atom stereocenters. The first-order valence-corrected chi connectivity index (χ1v) is 11.1. The monoisotopic (exact) mass is 415 g/mol. The number of morpholine rings is 1. The molecule has 1 fully saturated rings. The van der Waals surface area contributed by atoms with E-state index in [0.717, 1.165) is 29.2 Å². The van der Waals surface area contributed by atoms with Crippen LogP contribution >= 0.6 is 0 Å². The third kappa shape index (κ3) is 3.84. The molecule has 2 amide bonds. The average Bonchev–Trinajstić information content (AvgIpc) is 3.02. The third-order valence-corrected chi connectivity index (χ3v) is 6.93. The molecule has 1 aromatic carbocycles. The molecule has 2 aliphatic rings. The van der Waals surface area contributed by atoms with E-state index in [4.69, 9.17) is 14.7 Å². The van der Waals surface area contributed by atoms with Gasteiger partial charge in [0.1, 0.15) is 5.82 Å². The van der Waals surface area contributed by atoms with E-state index in [9.17, 15) is 9.00 Å². The molecule has 1 saturated heterocycles. The van der Waals surface area contributed by atoms with Crippen LogP contribution in [0, 0.1) is 0 Å². The highest BCUT2D eigenvalue weighted by Gasteiger charge is 2.35. The average molecular weight is 416 g/mol. The summed E-state index contributed by atoms with van der Waals surface area (Å²) in [7, 11) is 0.590. The number of nitrogens with one attached hydrogen (secondary N) is 2. The van der Waals surface area contributed by atoms with E-state index in [1.807, 2.05) is 31.2 Å². The van der Waals surface area contributed by atoms with Crippen molar-refractivity contribution in [3.63, 3.8) is 0 Å². The lowest BCUT2D eigenvalue weighted by molar-refractivity contribution is 0.0984. The van der Waals surface area contributed by atoms with Crippen molar-refractivity contribution in [2.45, 2.75) is 30.9 Å². The van der Waals surface area contributed by atoms with E-state index in [2.05, 4.69) is 22.5 Å². The fourth-order valence-electron chi connectivity index (χ4n) is 3.71. The summed E-state index contributed by atoms with van der Waals surface area (Å²) in [6.45, 7) is 6.14. The number of benzene rings is 1. The summed E-state index contributed by atoms with van der Waals surface area (Å²) in [5.41, 5.74) is 3.40. The topological polar surface area (TPSA) is 96.5 Å². The molecule has 2 N–H and O–H groups in total. The molecule has 8 nitrogen and oxygen atoms in total. The van der Waals surface area contributed by atoms with Crippen LogP contribution in [-0.4, -0.2) is 53.1 Å². The predicted octanol–water partition coefficient (Wildman–Crippen LogP) is 2.44. The molecular weight excluding hydrogens is 390 g/mol. The van der Waals surface area contributed by atoms with Gasteiger partial charge in [0.05, 0.1) is 36.0 Å². The van der Waals surface area contributed by atoms with Crippen molar-refractivity contribution in [1.82, 2.24) is 15.3 Å². The fourth-order valence-corrected chi connectivity index (χ4v) is 4.95.